The standard InChI is InChI=1S/C19H22N2O2/c1-23-19(22)16-7-9-17(10-8-16)21-12-11-20-14-18(21)13-15-5-3-2-4-6-15/h2-10,18,20H,11-14H2,1H3/t18-/m1/s1. The fourth-order valence-corrected chi connectivity index (χ4v) is 3.08. The molecular formula is C19H22N2O2. The molecule has 1 atom stereocenters. The van der Waals surface area contributed by atoms with E-state index in [4.69, 9.17) is 4.74 Å². The van der Waals surface area contributed by atoms with E-state index >= 15 is 0 Å². The predicted octanol–water partition coefficient (Wildman–Crippen LogP) is 2.49. The van der Waals surface area contributed by atoms with Gasteiger partial charge in [-0.05, 0) is 36.2 Å². The average Bonchev–Trinajstić information content (AvgIpc) is 2.62. The van der Waals surface area contributed by atoms with Gasteiger partial charge in [0.05, 0.1) is 12.7 Å². The van der Waals surface area contributed by atoms with Crippen molar-refractivity contribution >= 4 is 11.7 Å². The molecule has 4 heteroatoms. The topological polar surface area (TPSA) is 41.6 Å². The molecule has 0 amide bonds. The van der Waals surface area contributed by atoms with Crippen LogP contribution in [0.1, 0.15) is 15.9 Å². The second kappa shape index (κ2) is 7.29. The van der Waals surface area contributed by atoms with E-state index in [1.807, 2.05) is 30.3 Å². The van der Waals surface area contributed by atoms with Crippen molar-refractivity contribution in [2.75, 3.05) is 31.6 Å². The van der Waals surface area contributed by atoms with Gasteiger partial charge in [0.2, 0.25) is 0 Å². The van der Waals surface area contributed by atoms with E-state index in [1.54, 1.807) is 0 Å². The zero-order valence-corrected chi connectivity index (χ0v) is 13.4. The Balaban J connectivity index is 1.77. The minimum atomic E-state index is -0.294. The van der Waals surface area contributed by atoms with Crippen LogP contribution in [0.2, 0.25) is 0 Å². The number of methoxy groups -OCH3 is 1. The van der Waals surface area contributed by atoms with Gasteiger partial charge >= 0.3 is 5.97 Å². The first-order valence-corrected chi connectivity index (χ1v) is 7.97. The summed E-state index contributed by atoms with van der Waals surface area (Å²) in [4.78, 5) is 14.0. The molecule has 1 saturated heterocycles. The van der Waals surface area contributed by atoms with E-state index < -0.39 is 0 Å². The van der Waals surface area contributed by atoms with Crippen molar-refractivity contribution in [1.29, 1.82) is 0 Å². The first-order valence-electron chi connectivity index (χ1n) is 7.97. The van der Waals surface area contributed by atoms with Gasteiger partial charge in [0.15, 0.2) is 0 Å². The lowest BCUT2D eigenvalue weighted by atomic mass is 10.0. The van der Waals surface area contributed by atoms with Gasteiger partial charge in [-0.3, -0.25) is 0 Å². The van der Waals surface area contributed by atoms with Gasteiger partial charge in [-0.2, -0.15) is 0 Å². The van der Waals surface area contributed by atoms with Crippen LogP contribution in [0.25, 0.3) is 0 Å². The molecule has 1 aliphatic rings. The molecule has 0 bridgehead atoms. The third kappa shape index (κ3) is 3.71. The van der Waals surface area contributed by atoms with Gasteiger partial charge in [-0.1, -0.05) is 30.3 Å². The maximum atomic E-state index is 11.6. The number of nitrogens with one attached hydrogen (secondary N) is 1. The molecule has 0 aliphatic carbocycles. The monoisotopic (exact) mass is 310 g/mol. The predicted molar refractivity (Wildman–Crippen MR) is 91.9 cm³/mol. The van der Waals surface area contributed by atoms with Crippen LogP contribution in [-0.4, -0.2) is 38.8 Å². The Morgan fingerprint density at radius 3 is 2.61 bits per heavy atom. The van der Waals surface area contributed by atoms with Crippen molar-refractivity contribution in [2.24, 2.45) is 0 Å². The molecule has 2 aromatic carbocycles. The van der Waals surface area contributed by atoms with Crippen molar-refractivity contribution in [3.8, 4) is 0 Å². The van der Waals surface area contributed by atoms with Gasteiger partial charge in [-0.15, -0.1) is 0 Å². The molecule has 1 aliphatic heterocycles. The summed E-state index contributed by atoms with van der Waals surface area (Å²) < 4.78 is 4.76. The van der Waals surface area contributed by atoms with Crippen LogP contribution >= 0.6 is 0 Å². The van der Waals surface area contributed by atoms with Crippen LogP contribution < -0.4 is 10.2 Å². The van der Waals surface area contributed by atoms with Gasteiger partial charge in [0.1, 0.15) is 0 Å². The number of nitrogens with zero attached hydrogens (tertiary/aromatic N) is 1. The number of rotatable bonds is 4. The lowest BCUT2D eigenvalue weighted by Gasteiger charge is -2.38. The summed E-state index contributed by atoms with van der Waals surface area (Å²) in [6.07, 6.45) is 1.01. The molecule has 1 fully saturated rings. The summed E-state index contributed by atoms with van der Waals surface area (Å²) in [6.45, 7) is 2.91. The number of hydrogen-bond donors (Lipinski definition) is 1. The van der Waals surface area contributed by atoms with Gasteiger partial charge in [0, 0.05) is 31.4 Å². The van der Waals surface area contributed by atoms with Crippen LogP contribution in [0.4, 0.5) is 5.69 Å². The van der Waals surface area contributed by atoms with E-state index in [9.17, 15) is 4.79 Å². The molecule has 0 radical (unpaired) electrons. The maximum Gasteiger partial charge on any atom is 0.337 e. The van der Waals surface area contributed by atoms with Crippen molar-refractivity contribution in [1.82, 2.24) is 5.32 Å². The fourth-order valence-electron chi connectivity index (χ4n) is 3.08. The number of carbonyl (C=O) groups excluding carboxylic acids is 1. The number of carbonyl (C=O) groups is 1. The second-order valence-electron chi connectivity index (χ2n) is 5.78. The van der Waals surface area contributed by atoms with E-state index in [0.717, 1.165) is 31.7 Å². The minimum absolute atomic E-state index is 0.294. The molecule has 0 saturated carbocycles. The first kappa shape index (κ1) is 15.6. The Hall–Kier alpha value is -2.33. The highest BCUT2D eigenvalue weighted by molar-refractivity contribution is 5.89. The van der Waals surface area contributed by atoms with Crippen LogP contribution in [0.5, 0.6) is 0 Å². The summed E-state index contributed by atoms with van der Waals surface area (Å²) in [6, 6.07) is 18.7. The first-order chi connectivity index (χ1) is 11.3. The molecule has 23 heavy (non-hydrogen) atoms. The Labute approximate surface area is 137 Å². The summed E-state index contributed by atoms with van der Waals surface area (Å²) >= 11 is 0. The van der Waals surface area contributed by atoms with Crippen LogP contribution in [-0.2, 0) is 11.2 Å². The summed E-state index contributed by atoms with van der Waals surface area (Å²) in [7, 11) is 1.41. The normalized spacial score (nSPS) is 17.8. The highest BCUT2D eigenvalue weighted by Crippen LogP contribution is 2.21. The Morgan fingerprint density at radius 2 is 1.91 bits per heavy atom. The summed E-state index contributed by atoms with van der Waals surface area (Å²) in [5, 5.41) is 3.48. The van der Waals surface area contributed by atoms with Gasteiger partial charge in [0.25, 0.3) is 0 Å². The number of anilines is 1. The number of hydrogen-bond acceptors (Lipinski definition) is 4. The molecular weight excluding hydrogens is 288 g/mol. The van der Waals surface area contributed by atoms with Crippen molar-refractivity contribution in [3.05, 3.63) is 65.7 Å². The molecule has 120 valence electrons. The molecule has 1 N–H and O–H groups in total. The highest BCUT2D eigenvalue weighted by atomic mass is 16.5. The molecule has 2 aromatic rings. The number of esters is 1. The van der Waals surface area contributed by atoms with E-state index in [2.05, 4.69) is 34.5 Å². The van der Waals surface area contributed by atoms with Crippen LogP contribution in [0.15, 0.2) is 54.6 Å². The maximum absolute atomic E-state index is 11.6. The summed E-state index contributed by atoms with van der Waals surface area (Å²) in [5.74, 6) is -0.294. The highest BCUT2D eigenvalue weighted by Gasteiger charge is 2.22. The Bertz CT molecular complexity index is 640. The molecule has 4 nitrogen and oxygen atoms in total. The number of benzene rings is 2. The van der Waals surface area contributed by atoms with E-state index in [-0.39, 0.29) is 5.97 Å². The molecule has 0 spiro atoms. The van der Waals surface area contributed by atoms with Crippen LogP contribution in [0, 0.1) is 0 Å². The van der Waals surface area contributed by atoms with E-state index in [0.29, 0.717) is 11.6 Å². The van der Waals surface area contributed by atoms with Crippen LogP contribution in [0.3, 0.4) is 0 Å². The third-order valence-electron chi connectivity index (χ3n) is 4.28. The van der Waals surface area contributed by atoms with Crippen molar-refractivity contribution in [3.63, 3.8) is 0 Å². The SMILES string of the molecule is COC(=O)c1ccc(N2CCNC[C@H]2Cc2ccccc2)cc1. The summed E-state index contributed by atoms with van der Waals surface area (Å²) in [5.41, 5.74) is 3.09. The quantitative estimate of drug-likeness (QED) is 0.881. The zero-order chi connectivity index (χ0) is 16.1. The lowest BCUT2D eigenvalue weighted by molar-refractivity contribution is 0.0601. The molecule has 3 rings (SSSR count). The lowest BCUT2D eigenvalue weighted by Crippen LogP contribution is -2.52. The molecule has 0 unspecified atom stereocenters. The largest absolute Gasteiger partial charge is 0.465 e. The Kier molecular flexibility index (Phi) is 4.93. The van der Waals surface area contributed by atoms with Crippen molar-refractivity contribution in [2.45, 2.75) is 12.5 Å². The number of ether oxygens (including phenoxy) is 1. The fraction of sp³-hybridized carbons (Fsp3) is 0.316. The second-order valence-corrected chi connectivity index (χ2v) is 5.78. The zero-order valence-electron chi connectivity index (χ0n) is 13.4. The minimum Gasteiger partial charge on any atom is -0.465 e. The van der Waals surface area contributed by atoms with Gasteiger partial charge in [-0.25, -0.2) is 4.79 Å². The smallest absolute Gasteiger partial charge is 0.337 e. The van der Waals surface area contributed by atoms with E-state index in [1.165, 1.54) is 12.7 Å². The Morgan fingerprint density at radius 1 is 1.17 bits per heavy atom. The third-order valence-corrected chi connectivity index (χ3v) is 4.28. The molecule has 1 heterocycles. The average molecular weight is 310 g/mol. The number of piperazine rings is 1. The van der Waals surface area contributed by atoms with Crippen molar-refractivity contribution < 1.29 is 9.53 Å². The van der Waals surface area contributed by atoms with Gasteiger partial charge < -0.3 is 15.0 Å². The molecule has 0 aromatic heterocycles.